The highest BCUT2D eigenvalue weighted by molar-refractivity contribution is 5.27. The third-order valence-corrected chi connectivity index (χ3v) is 8.77. The summed E-state index contributed by atoms with van der Waals surface area (Å²) in [5.41, 5.74) is 2.31. The Morgan fingerprint density at radius 2 is 1.37 bits per heavy atom. The molecule has 0 nitrogen and oxygen atoms in total. The highest BCUT2D eigenvalue weighted by atomic mass is 19.1. The molecule has 0 aromatic rings. The Kier molecular flexibility index (Phi) is 6.77. The summed E-state index contributed by atoms with van der Waals surface area (Å²) in [6.45, 7) is 1.94. The van der Waals surface area contributed by atoms with Crippen LogP contribution >= 0.6 is 0 Å². The fourth-order valence-electron chi connectivity index (χ4n) is 6.47. The van der Waals surface area contributed by atoms with Gasteiger partial charge in [-0.1, -0.05) is 50.5 Å². The molecule has 0 amide bonds. The molecule has 0 aliphatic heterocycles. The topological polar surface area (TPSA) is 0 Å². The van der Waals surface area contributed by atoms with Crippen LogP contribution in [-0.4, -0.2) is 0 Å². The quantitative estimate of drug-likeness (QED) is 0.438. The van der Waals surface area contributed by atoms with Crippen molar-refractivity contribution in [3.8, 4) is 0 Å². The molecule has 0 saturated heterocycles. The highest BCUT2D eigenvalue weighted by Gasteiger charge is 2.32. The summed E-state index contributed by atoms with van der Waals surface area (Å²) < 4.78 is 13.8. The van der Waals surface area contributed by atoms with Gasteiger partial charge in [0.05, 0.1) is 0 Å². The molecule has 0 radical (unpaired) electrons. The number of halogens is 1. The second kappa shape index (κ2) is 9.27. The largest absolute Gasteiger partial charge is 0.207 e. The van der Waals surface area contributed by atoms with Gasteiger partial charge in [0.2, 0.25) is 0 Å². The van der Waals surface area contributed by atoms with E-state index in [0.717, 1.165) is 54.4 Å². The van der Waals surface area contributed by atoms with Gasteiger partial charge in [0, 0.05) is 0 Å². The van der Waals surface area contributed by atoms with Crippen LogP contribution in [0.2, 0.25) is 0 Å². The van der Waals surface area contributed by atoms with Gasteiger partial charge in [0.15, 0.2) is 0 Å². The molecule has 4 rings (SSSR count). The van der Waals surface area contributed by atoms with Gasteiger partial charge in [0.1, 0.15) is 5.83 Å². The SMILES string of the molecule is CC1=C(F)C=C(CCC2CCC(C3CCC(CC4CCC4)CC3)CC2)CC1. The van der Waals surface area contributed by atoms with Gasteiger partial charge in [0.25, 0.3) is 0 Å². The first-order valence-electron chi connectivity index (χ1n) is 12.2. The molecule has 3 saturated carbocycles. The van der Waals surface area contributed by atoms with Crippen molar-refractivity contribution >= 4 is 0 Å². The molecule has 0 heterocycles. The maximum Gasteiger partial charge on any atom is 0.122 e. The van der Waals surface area contributed by atoms with Crippen LogP contribution < -0.4 is 0 Å². The average molecular weight is 373 g/mol. The van der Waals surface area contributed by atoms with Crippen LogP contribution in [0.25, 0.3) is 0 Å². The van der Waals surface area contributed by atoms with E-state index in [4.69, 9.17) is 0 Å². The Morgan fingerprint density at radius 1 is 0.778 bits per heavy atom. The van der Waals surface area contributed by atoms with E-state index in [2.05, 4.69) is 0 Å². The zero-order valence-electron chi connectivity index (χ0n) is 17.7. The molecule has 0 bridgehead atoms. The van der Waals surface area contributed by atoms with Crippen molar-refractivity contribution in [2.45, 2.75) is 110 Å². The van der Waals surface area contributed by atoms with E-state index in [9.17, 15) is 4.39 Å². The van der Waals surface area contributed by atoms with E-state index in [1.165, 1.54) is 82.6 Å². The van der Waals surface area contributed by atoms with Gasteiger partial charge >= 0.3 is 0 Å². The Hall–Kier alpha value is -0.590. The summed E-state index contributed by atoms with van der Waals surface area (Å²) in [5.74, 6) is 5.22. The van der Waals surface area contributed by atoms with Crippen LogP contribution in [-0.2, 0) is 0 Å². The van der Waals surface area contributed by atoms with E-state index in [1.807, 2.05) is 13.0 Å². The summed E-state index contributed by atoms with van der Waals surface area (Å²) in [5, 5.41) is 0. The van der Waals surface area contributed by atoms with Crippen LogP contribution in [0.5, 0.6) is 0 Å². The van der Waals surface area contributed by atoms with Crippen LogP contribution in [0, 0.1) is 29.6 Å². The molecule has 1 heteroatoms. The third kappa shape index (κ3) is 5.27. The summed E-state index contributed by atoms with van der Waals surface area (Å²) in [7, 11) is 0. The minimum absolute atomic E-state index is 0.0490. The fraction of sp³-hybridized carbons (Fsp3) is 0.846. The van der Waals surface area contributed by atoms with Gasteiger partial charge in [-0.15, -0.1) is 0 Å². The first-order valence-corrected chi connectivity index (χ1v) is 12.2. The van der Waals surface area contributed by atoms with Crippen molar-refractivity contribution in [2.75, 3.05) is 0 Å². The van der Waals surface area contributed by atoms with E-state index < -0.39 is 0 Å². The molecule has 4 aliphatic rings. The van der Waals surface area contributed by atoms with Crippen LogP contribution in [0.4, 0.5) is 4.39 Å². The number of hydrogen-bond acceptors (Lipinski definition) is 0. The zero-order chi connectivity index (χ0) is 18.6. The van der Waals surface area contributed by atoms with Crippen molar-refractivity contribution in [3.63, 3.8) is 0 Å². The molecule has 0 N–H and O–H groups in total. The van der Waals surface area contributed by atoms with E-state index in [1.54, 1.807) is 6.42 Å². The maximum absolute atomic E-state index is 13.8. The standard InChI is InChI=1S/C26H41F/c1-19-5-6-23(18-26(19)27)8-7-20-9-13-24(14-10-20)25-15-11-22(12-16-25)17-21-3-2-4-21/h18,20-22,24-25H,2-17H2,1H3. The second-order valence-corrected chi connectivity index (χ2v) is 10.6. The maximum atomic E-state index is 13.8. The Balaban J connectivity index is 1.14. The normalized spacial score (nSPS) is 35.7. The summed E-state index contributed by atoms with van der Waals surface area (Å²) >= 11 is 0. The third-order valence-electron chi connectivity index (χ3n) is 8.77. The van der Waals surface area contributed by atoms with Crippen molar-refractivity contribution < 1.29 is 4.39 Å². The average Bonchev–Trinajstić information content (AvgIpc) is 2.67. The van der Waals surface area contributed by atoms with Gasteiger partial charge in [-0.25, -0.2) is 4.39 Å². The monoisotopic (exact) mass is 372 g/mol. The Labute approximate surface area is 167 Å². The Morgan fingerprint density at radius 3 is 1.93 bits per heavy atom. The van der Waals surface area contributed by atoms with Gasteiger partial charge < -0.3 is 0 Å². The second-order valence-electron chi connectivity index (χ2n) is 10.6. The van der Waals surface area contributed by atoms with Crippen molar-refractivity contribution in [2.24, 2.45) is 29.6 Å². The van der Waals surface area contributed by atoms with Crippen LogP contribution in [0.3, 0.4) is 0 Å². The molecular weight excluding hydrogens is 331 g/mol. The molecule has 0 spiro atoms. The summed E-state index contributed by atoms with van der Waals surface area (Å²) in [6.07, 6.45) is 24.4. The van der Waals surface area contributed by atoms with Crippen molar-refractivity contribution in [1.82, 2.24) is 0 Å². The predicted molar refractivity (Wildman–Crippen MR) is 113 cm³/mol. The van der Waals surface area contributed by atoms with Gasteiger partial charge in [-0.2, -0.15) is 0 Å². The molecular formula is C26H41F. The molecule has 0 atom stereocenters. The lowest BCUT2D eigenvalue weighted by atomic mass is 9.66. The fourth-order valence-corrected chi connectivity index (χ4v) is 6.47. The molecule has 4 aliphatic carbocycles. The number of hydrogen-bond donors (Lipinski definition) is 0. The van der Waals surface area contributed by atoms with Crippen LogP contribution in [0.15, 0.2) is 23.0 Å². The predicted octanol–water partition coefficient (Wildman–Crippen LogP) is 8.53. The number of rotatable bonds is 6. The molecule has 3 fully saturated rings. The first kappa shape index (κ1) is 19.7. The van der Waals surface area contributed by atoms with E-state index in [-0.39, 0.29) is 5.83 Å². The molecule has 0 aromatic carbocycles. The smallest absolute Gasteiger partial charge is 0.122 e. The highest BCUT2D eigenvalue weighted by Crippen LogP contribution is 2.45. The van der Waals surface area contributed by atoms with Crippen molar-refractivity contribution in [3.05, 3.63) is 23.0 Å². The van der Waals surface area contributed by atoms with Crippen molar-refractivity contribution in [1.29, 1.82) is 0 Å². The number of allylic oxidation sites excluding steroid dienone is 4. The minimum Gasteiger partial charge on any atom is -0.207 e. The molecule has 152 valence electrons. The molecule has 27 heavy (non-hydrogen) atoms. The van der Waals surface area contributed by atoms with E-state index >= 15 is 0 Å². The van der Waals surface area contributed by atoms with E-state index in [0.29, 0.717) is 0 Å². The first-order chi connectivity index (χ1) is 13.2. The summed E-state index contributed by atoms with van der Waals surface area (Å²) in [6, 6.07) is 0. The Bertz CT molecular complexity index is 537. The molecule has 0 aromatic heterocycles. The lowest BCUT2D eigenvalue weighted by Crippen LogP contribution is -2.27. The van der Waals surface area contributed by atoms with Crippen LogP contribution in [0.1, 0.15) is 110 Å². The molecule has 0 unspecified atom stereocenters. The van der Waals surface area contributed by atoms with Gasteiger partial charge in [-0.05, 0) is 106 Å². The van der Waals surface area contributed by atoms with Gasteiger partial charge in [-0.3, -0.25) is 0 Å². The summed E-state index contributed by atoms with van der Waals surface area (Å²) in [4.78, 5) is 0. The lowest BCUT2D eigenvalue weighted by Gasteiger charge is -2.39. The zero-order valence-corrected chi connectivity index (χ0v) is 17.7. The lowest BCUT2D eigenvalue weighted by molar-refractivity contribution is 0.126. The minimum atomic E-state index is 0.0490.